The Balaban J connectivity index is 3.03. The lowest BCUT2D eigenvalue weighted by Crippen LogP contribution is -2.15. The molecule has 0 amide bonds. The van der Waals surface area contributed by atoms with Gasteiger partial charge in [0.2, 0.25) is 0 Å². The third-order valence-electron chi connectivity index (χ3n) is 2.25. The minimum absolute atomic E-state index is 0.0795. The molecule has 0 spiro atoms. The predicted molar refractivity (Wildman–Crippen MR) is 51.8 cm³/mol. The maximum Gasteiger partial charge on any atom is 0.117 e. The van der Waals surface area contributed by atoms with Gasteiger partial charge in [0.15, 0.2) is 0 Å². The third-order valence-corrected chi connectivity index (χ3v) is 2.25. The van der Waals surface area contributed by atoms with Crippen LogP contribution < -0.4 is 0 Å². The molecular formula is C11H17O. The van der Waals surface area contributed by atoms with E-state index in [1.807, 2.05) is 13.0 Å². The molecule has 1 nitrogen and oxygen atoms in total. The number of aliphatic hydroxyl groups excluding tert-OH is 1. The number of hydrogen-bond donors (Lipinski definition) is 1. The van der Waals surface area contributed by atoms with Crippen molar-refractivity contribution in [3.05, 3.63) is 29.4 Å². The number of rotatable bonds is 0. The summed E-state index contributed by atoms with van der Waals surface area (Å²) < 4.78 is 0. The minimum Gasteiger partial charge on any atom is -0.508 e. The van der Waals surface area contributed by atoms with Crippen LogP contribution in [0.25, 0.3) is 0 Å². The Morgan fingerprint density at radius 1 is 1.33 bits per heavy atom. The quantitative estimate of drug-likeness (QED) is 0.583. The summed E-state index contributed by atoms with van der Waals surface area (Å²) in [5, 5.41) is 9.76. The standard InChI is InChI=1S/C11H17O/c1-8-6-5-7-9(10(8)12)11(2,3)4/h5-6,12H,7H2,1-4H3. The summed E-state index contributed by atoms with van der Waals surface area (Å²) in [5.41, 5.74) is 2.20. The molecular weight excluding hydrogens is 148 g/mol. The van der Waals surface area contributed by atoms with Crippen molar-refractivity contribution in [3.63, 3.8) is 0 Å². The summed E-state index contributed by atoms with van der Waals surface area (Å²) in [4.78, 5) is 0. The van der Waals surface area contributed by atoms with E-state index in [9.17, 15) is 5.11 Å². The van der Waals surface area contributed by atoms with Gasteiger partial charge in [-0.05, 0) is 36.3 Å². The van der Waals surface area contributed by atoms with Gasteiger partial charge in [0.05, 0.1) is 0 Å². The van der Waals surface area contributed by atoms with Gasteiger partial charge in [0.25, 0.3) is 0 Å². The molecule has 0 atom stereocenters. The molecule has 0 fully saturated rings. The molecule has 0 aromatic rings. The van der Waals surface area contributed by atoms with Crippen molar-refractivity contribution in [1.82, 2.24) is 0 Å². The Kier molecular flexibility index (Phi) is 2.31. The molecule has 0 heterocycles. The molecule has 1 N–H and O–H groups in total. The van der Waals surface area contributed by atoms with Gasteiger partial charge in [-0.2, -0.15) is 0 Å². The third kappa shape index (κ3) is 1.71. The van der Waals surface area contributed by atoms with E-state index in [-0.39, 0.29) is 5.41 Å². The molecule has 1 aliphatic carbocycles. The van der Waals surface area contributed by atoms with Crippen LogP contribution in [0.4, 0.5) is 0 Å². The summed E-state index contributed by atoms with van der Waals surface area (Å²) in [6.45, 7) is 8.33. The van der Waals surface area contributed by atoms with Crippen LogP contribution in [-0.2, 0) is 0 Å². The largest absolute Gasteiger partial charge is 0.508 e. The Morgan fingerprint density at radius 2 is 1.92 bits per heavy atom. The van der Waals surface area contributed by atoms with Gasteiger partial charge in [0, 0.05) is 0 Å². The van der Waals surface area contributed by atoms with E-state index in [0.717, 1.165) is 17.6 Å². The molecule has 1 rings (SSSR count). The van der Waals surface area contributed by atoms with Crippen LogP contribution in [0.1, 0.15) is 34.1 Å². The molecule has 0 bridgehead atoms. The molecule has 0 aromatic carbocycles. The van der Waals surface area contributed by atoms with Crippen LogP contribution in [0.5, 0.6) is 0 Å². The van der Waals surface area contributed by atoms with E-state index in [2.05, 4.69) is 27.2 Å². The van der Waals surface area contributed by atoms with Crippen molar-refractivity contribution in [2.45, 2.75) is 34.1 Å². The molecule has 1 heteroatoms. The lowest BCUT2D eigenvalue weighted by atomic mass is 9.80. The van der Waals surface area contributed by atoms with Gasteiger partial charge in [-0.1, -0.05) is 26.8 Å². The molecule has 0 aliphatic heterocycles. The second-order valence-corrected chi connectivity index (χ2v) is 4.37. The fourth-order valence-corrected chi connectivity index (χ4v) is 1.43. The highest BCUT2D eigenvalue weighted by atomic mass is 16.3. The second-order valence-electron chi connectivity index (χ2n) is 4.37. The van der Waals surface area contributed by atoms with Gasteiger partial charge in [-0.3, -0.25) is 0 Å². The van der Waals surface area contributed by atoms with Crippen LogP contribution >= 0.6 is 0 Å². The summed E-state index contributed by atoms with van der Waals surface area (Å²) in [6, 6.07) is 0. The van der Waals surface area contributed by atoms with E-state index < -0.39 is 0 Å². The van der Waals surface area contributed by atoms with E-state index in [0.29, 0.717) is 5.76 Å². The Hall–Kier alpha value is -0.720. The maximum atomic E-state index is 9.76. The van der Waals surface area contributed by atoms with Gasteiger partial charge >= 0.3 is 0 Å². The lowest BCUT2D eigenvalue weighted by Gasteiger charge is -2.26. The van der Waals surface area contributed by atoms with Gasteiger partial charge in [-0.15, -0.1) is 0 Å². The Morgan fingerprint density at radius 3 is 2.33 bits per heavy atom. The smallest absolute Gasteiger partial charge is 0.117 e. The molecule has 0 aromatic heterocycles. The van der Waals surface area contributed by atoms with Crippen LogP contribution in [-0.4, -0.2) is 5.11 Å². The zero-order valence-electron chi connectivity index (χ0n) is 8.31. The summed E-state index contributed by atoms with van der Waals surface area (Å²) >= 11 is 0. The van der Waals surface area contributed by atoms with Crippen LogP contribution in [0.15, 0.2) is 23.0 Å². The van der Waals surface area contributed by atoms with Crippen molar-refractivity contribution in [3.8, 4) is 0 Å². The highest BCUT2D eigenvalue weighted by Crippen LogP contribution is 2.35. The number of allylic oxidation sites excluding steroid dienone is 3. The Bertz CT molecular complexity index is 238. The first kappa shape index (κ1) is 9.37. The number of aliphatic hydroxyl groups is 1. The lowest BCUT2D eigenvalue weighted by molar-refractivity contribution is 0.375. The first-order chi connectivity index (χ1) is 5.43. The second kappa shape index (κ2) is 2.96. The highest BCUT2D eigenvalue weighted by molar-refractivity contribution is 5.37. The Labute approximate surface area is 74.8 Å². The average Bonchev–Trinajstić information content (AvgIpc) is 1.92. The van der Waals surface area contributed by atoms with Crippen molar-refractivity contribution in [2.75, 3.05) is 0 Å². The molecule has 1 aliphatic rings. The normalized spacial score (nSPS) is 19.5. The van der Waals surface area contributed by atoms with E-state index in [1.165, 1.54) is 0 Å². The molecule has 0 unspecified atom stereocenters. The summed E-state index contributed by atoms with van der Waals surface area (Å²) in [5.74, 6) is 0.491. The fourth-order valence-electron chi connectivity index (χ4n) is 1.43. The van der Waals surface area contributed by atoms with Gasteiger partial charge in [0.1, 0.15) is 5.76 Å². The van der Waals surface area contributed by atoms with Crippen LogP contribution in [0.3, 0.4) is 0 Å². The van der Waals surface area contributed by atoms with Crippen LogP contribution in [0, 0.1) is 11.8 Å². The maximum absolute atomic E-state index is 9.76. The van der Waals surface area contributed by atoms with Gasteiger partial charge in [-0.25, -0.2) is 0 Å². The first-order valence-electron chi connectivity index (χ1n) is 4.36. The van der Waals surface area contributed by atoms with Crippen molar-refractivity contribution >= 4 is 0 Å². The highest BCUT2D eigenvalue weighted by Gasteiger charge is 2.23. The minimum atomic E-state index is 0.0795. The fraction of sp³-hybridized carbons (Fsp3) is 0.545. The van der Waals surface area contributed by atoms with Crippen molar-refractivity contribution in [2.24, 2.45) is 5.41 Å². The molecule has 1 radical (unpaired) electrons. The molecule has 12 heavy (non-hydrogen) atoms. The summed E-state index contributed by atoms with van der Waals surface area (Å²) in [7, 11) is 0. The van der Waals surface area contributed by atoms with E-state index in [1.54, 1.807) is 0 Å². The van der Waals surface area contributed by atoms with E-state index in [4.69, 9.17) is 0 Å². The van der Waals surface area contributed by atoms with Crippen molar-refractivity contribution in [1.29, 1.82) is 0 Å². The predicted octanol–water partition coefficient (Wildman–Crippen LogP) is 3.40. The topological polar surface area (TPSA) is 20.2 Å². The first-order valence-corrected chi connectivity index (χ1v) is 4.36. The van der Waals surface area contributed by atoms with E-state index >= 15 is 0 Å². The van der Waals surface area contributed by atoms with Crippen molar-refractivity contribution < 1.29 is 5.11 Å². The zero-order valence-corrected chi connectivity index (χ0v) is 8.31. The monoisotopic (exact) mass is 165 g/mol. The molecule has 0 saturated heterocycles. The van der Waals surface area contributed by atoms with Crippen LogP contribution in [0.2, 0.25) is 0 Å². The SMILES string of the molecule is CC1=C[CH]CC(C(C)(C)C)=C1O. The van der Waals surface area contributed by atoms with Gasteiger partial charge < -0.3 is 5.11 Å². The zero-order chi connectivity index (χ0) is 9.35. The summed E-state index contributed by atoms with van der Waals surface area (Å²) in [6.07, 6.45) is 4.97. The molecule has 0 saturated carbocycles. The number of hydrogen-bond acceptors (Lipinski definition) is 1. The average molecular weight is 165 g/mol. The molecule has 67 valence electrons.